The normalized spacial score (nSPS) is 11.7. The van der Waals surface area contributed by atoms with Gasteiger partial charge in [-0.2, -0.15) is 0 Å². The van der Waals surface area contributed by atoms with Crippen molar-refractivity contribution in [1.29, 1.82) is 0 Å². The third kappa shape index (κ3) is 11.8. The van der Waals surface area contributed by atoms with Gasteiger partial charge in [0.25, 0.3) is 0 Å². The van der Waals surface area contributed by atoms with Crippen LogP contribution in [0, 0.1) is 0 Å². The first-order valence-corrected chi connectivity index (χ1v) is 39.5. The number of thiophene rings is 4. The summed E-state index contributed by atoms with van der Waals surface area (Å²) >= 11 is 7.42. The lowest BCUT2D eigenvalue weighted by Crippen LogP contribution is -1.96. The Kier molecular flexibility index (Phi) is 15.6. The molecule has 16 aromatic carbocycles. The van der Waals surface area contributed by atoms with E-state index in [-0.39, 0.29) is 0 Å². The minimum atomic E-state index is 0.709. The van der Waals surface area contributed by atoms with E-state index in [2.05, 4.69) is 328 Å². The highest BCUT2D eigenvalue weighted by Crippen LogP contribution is 2.45. The highest BCUT2D eigenvalue weighted by molar-refractivity contribution is 7.27. The number of hydrogen-bond acceptors (Lipinski definition) is 8. The van der Waals surface area contributed by atoms with Gasteiger partial charge < -0.3 is 0 Å². The maximum atomic E-state index is 5.29. The molecule has 0 spiro atoms. The van der Waals surface area contributed by atoms with Gasteiger partial charge in [-0.1, -0.05) is 243 Å². The third-order valence-electron chi connectivity index (χ3n) is 20.9. The van der Waals surface area contributed by atoms with E-state index in [1.807, 2.05) is 81.7 Å². The van der Waals surface area contributed by atoms with Crippen LogP contribution >= 0.6 is 45.3 Å². The first-order valence-electron chi connectivity index (χ1n) is 36.3. The van der Waals surface area contributed by atoms with Crippen LogP contribution in [0.5, 0.6) is 0 Å². The number of aromatic nitrogens is 4. The molecule has 0 saturated heterocycles. The van der Waals surface area contributed by atoms with Crippen LogP contribution < -0.4 is 0 Å². The second-order valence-electron chi connectivity index (χ2n) is 27.6. The summed E-state index contributed by atoms with van der Waals surface area (Å²) in [6.45, 7) is 0. The summed E-state index contributed by atoms with van der Waals surface area (Å²) < 4.78 is 10.4. The van der Waals surface area contributed by atoms with Crippen molar-refractivity contribution in [3.63, 3.8) is 0 Å². The van der Waals surface area contributed by atoms with Gasteiger partial charge >= 0.3 is 0 Å². The van der Waals surface area contributed by atoms with Crippen LogP contribution in [0.25, 0.3) is 215 Å². The summed E-state index contributed by atoms with van der Waals surface area (Å²) in [6, 6.07) is 131. The maximum Gasteiger partial charge on any atom is 0.160 e. The average molecular weight is 1450 g/mol. The van der Waals surface area contributed by atoms with E-state index in [0.717, 1.165) is 78.4 Å². The summed E-state index contributed by atoms with van der Waals surface area (Å²) in [5.41, 5.74) is 19.2. The molecule has 0 bridgehead atoms. The zero-order valence-electron chi connectivity index (χ0n) is 58.1. The van der Waals surface area contributed by atoms with E-state index in [0.29, 0.717) is 11.6 Å². The Balaban J connectivity index is 0.000000138. The summed E-state index contributed by atoms with van der Waals surface area (Å²) in [6.07, 6.45) is 0. The van der Waals surface area contributed by atoms with Crippen LogP contribution in [0.4, 0.5) is 0 Å². The number of nitrogens with zero attached hydrogens (tertiary/aromatic N) is 4. The molecule has 0 aliphatic rings. The standard InChI is InChI=1S/2C50H30N2S2/c1-2-11-32(12-3-1)50-51-44(36-19-18-31-10-4-5-13-33(31)24-36)30-45(52-50)39-26-37(34-20-22-48-42(28-34)40-14-6-8-16-46(40)53-48)25-38(27-39)35-21-23-49-43(29-35)41-15-7-9-17-47(41)54-49;1-2-11-32(12-3-1)50-51-44(36-19-18-31-10-4-5-13-33(31)24-36)30-45(52-50)39-26-37(34-20-22-42-40-14-6-8-16-46(40)53-48(42)28-34)25-38(27-39)35-21-23-43-41-15-7-9-17-47(41)54-49(43)29-35/h2*1-30H. The van der Waals surface area contributed by atoms with Crippen molar-refractivity contribution >= 4 is 148 Å². The monoisotopic (exact) mass is 1440 g/mol. The molecule has 0 unspecified atom stereocenters. The molecular formula is C100H60N4S4. The maximum absolute atomic E-state index is 5.29. The van der Waals surface area contributed by atoms with E-state index in [9.17, 15) is 0 Å². The van der Waals surface area contributed by atoms with Gasteiger partial charge in [-0.05, 0) is 187 Å². The zero-order valence-corrected chi connectivity index (χ0v) is 61.3. The van der Waals surface area contributed by atoms with Crippen LogP contribution in [0.1, 0.15) is 0 Å². The molecule has 0 aliphatic carbocycles. The molecule has 6 aromatic heterocycles. The molecule has 22 rings (SSSR count). The summed E-state index contributed by atoms with van der Waals surface area (Å²) in [7, 11) is 0. The molecule has 22 aromatic rings. The average Bonchev–Trinajstić information content (AvgIpc) is 1.76. The molecule has 504 valence electrons. The molecule has 6 heterocycles. The molecule has 4 nitrogen and oxygen atoms in total. The Morgan fingerprint density at radius 2 is 0.417 bits per heavy atom. The van der Waals surface area contributed by atoms with Crippen LogP contribution in [0.3, 0.4) is 0 Å². The lowest BCUT2D eigenvalue weighted by Gasteiger charge is -2.14. The lowest BCUT2D eigenvalue weighted by atomic mass is 9.93. The summed E-state index contributed by atoms with van der Waals surface area (Å²) in [5, 5.41) is 15.2. The van der Waals surface area contributed by atoms with Gasteiger partial charge in [0.1, 0.15) is 0 Å². The zero-order chi connectivity index (χ0) is 71.2. The first kappa shape index (κ1) is 63.5. The van der Waals surface area contributed by atoms with E-state index >= 15 is 0 Å². The van der Waals surface area contributed by atoms with Crippen molar-refractivity contribution in [3.05, 3.63) is 364 Å². The van der Waals surface area contributed by atoms with Crippen LogP contribution in [0.2, 0.25) is 0 Å². The number of rotatable bonds is 10. The van der Waals surface area contributed by atoms with Gasteiger partial charge in [-0.3, -0.25) is 0 Å². The molecular weight excluding hydrogens is 1390 g/mol. The second-order valence-corrected chi connectivity index (χ2v) is 31.9. The fraction of sp³-hybridized carbons (Fsp3) is 0. The minimum absolute atomic E-state index is 0.709. The SMILES string of the molecule is c1ccc(-c2nc(-c3cc(-c4ccc5c(c4)sc4ccccc45)cc(-c4ccc5c(c4)sc4ccccc45)c3)cc(-c3ccc4ccccc4c3)n2)cc1.c1ccc(-c2nc(-c3cc(-c4ccc5sc6ccccc6c5c4)cc(-c4ccc5sc6ccccc6c5c4)c3)cc(-c3ccc4ccccc4c3)n2)cc1. The topological polar surface area (TPSA) is 51.6 Å². The molecule has 0 fully saturated rings. The molecule has 0 amide bonds. The number of benzene rings is 16. The fourth-order valence-electron chi connectivity index (χ4n) is 15.5. The minimum Gasteiger partial charge on any atom is -0.228 e. The Morgan fingerprint density at radius 1 is 0.139 bits per heavy atom. The van der Waals surface area contributed by atoms with Gasteiger partial charge in [0, 0.05) is 114 Å². The molecule has 0 N–H and O–H groups in total. The Bertz CT molecular complexity index is 7070. The molecule has 0 saturated carbocycles. The van der Waals surface area contributed by atoms with Gasteiger partial charge in [0.2, 0.25) is 0 Å². The van der Waals surface area contributed by atoms with Crippen molar-refractivity contribution in [3.8, 4) is 112 Å². The van der Waals surface area contributed by atoms with Crippen LogP contribution in [0.15, 0.2) is 364 Å². The van der Waals surface area contributed by atoms with Gasteiger partial charge in [-0.25, -0.2) is 19.9 Å². The summed E-state index contributed by atoms with van der Waals surface area (Å²) in [5.74, 6) is 1.42. The molecule has 0 aliphatic heterocycles. The molecule has 0 atom stereocenters. The van der Waals surface area contributed by atoms with Gasteiger partial charge in [0.05, 0.1) is 22.8 Å². The smallest absolute Gasteiger partial charge is 0.160 e. The number of fused-ring (bicyclic) bond motifs is 14. The Labute approximate surface area is 638 Å². The quantitative estimate of drug-likeness (QED) is 0.137. The van der Waals surface area contributed by atoms with E-state index in [1.54, 1.807) is 0 Å². The van der Waals surface area contributed by atoms with Crippen molar-refractivity contribution < 1.29 is 0 Å². The highest BCUT2D eigenvalue weighted by atomic mass is 32.1. The summed E-state index contributed by atoms with van der Waals surface area (Å²) in [4.78, 5) is 20.9. The fourth-order valence-corrected chi connectivity index (χ4v) is 19.9. The molecule has 108 heavy (non-hydrogen) atoms. The lowest BCUT2D eigenvalue weighted by molar-refractivity contribution is 1.18. The predicted octanol–water partition coefficient (Wildman–Crippen LogP) is 29.4. The van der Waals surface area contributed by atoms with Gasteiger partial charge in [-0.15, -0.1) is 45.3 Å². The van der Waals surface area contributed by atoms with Crippen molar-refractivity contribution in [1.82, 2.24) is 19.9 Å². The van der Waals surface area contributed by atoms with E-state index < -0.39 is 0 Å². The van der Waals surface area contributed by atoms with Crippen LogP contribution in [-0.4, -0.2) is 19.9 Å². The van der Waals surface area contributed by atoms with Crippen LogP contribution in [-0.2, 0) is 0 Å². The van der Waals surface area contributed by atoms with Crippen molar-refractivity contribution in [2.24, 2.45) is 0 Å². The Morgan fingerprint density at radius 3 is 0.815 bits per heavy atom. The van der Waals surface area contributed by atoms with Crippen molar-refractivity contribution in [2.75, 3.05) is 0 Å². The second kappa shape index (κ2) is 26.6. The van der Waals surface area contributed by atoms with Crippen molar-refractivity contribution in [2.45, 2.75) is 0 Å². The largest absolute Gasteiger partial charge is 0.228 e. The first-order chi connectivity index (χ1) is 53.4. The molecule has 8 heteroatoms. The number of hydrogen-bond donors (Lipinski definition) is 0. The highest BCUT2D eigenvalue weighted by Gasteiger charge is 2.20. The predicted molar refractivity (Wildman–Crippen MR) is 465 cm³/mol. The van der Waals surface area contributed by atoms with E-state index in [4.69, 9.17) is 19.9 Å². The Hall–Kier alpha value is -12.9. The van der Waals surface area contributed by atoms with Gasteiger partial charge in [0.15, 0.2) is 11.6 Å². The molecule has 0 radical (unpaired) electrons. The third-order valence-corrected chi connectivity index (χ3v) is 25.5. The van der Waals surface area contributed by atoms with E-state index in [1.165, 1.54) is 124 Å².